The van der Waals surface area contributed by atoms with E-state index in [1.54, 1.807) is 11.3 Å². The second-order valence-corrected chi connectivity index (χ2v) is 8.71. The quantitative estimate of drug-likeness (QED) is 0.456. The fraction of sp³-hybridized carbons (Fsp3) is 0.333. The maximum atomic E-state index is 12.3. The number of nitrogens with zero attached hydrogens (tertiary/aromatic N) is 1. The third kappa shape index (κ3) is 5.45. The van der Waals surface area contributed by atoms with Crippen LogP contribution in [0.3, 0.4) is 0 Å². The number of hydrogen-bond acceptors (Lipinski definition) is 4. The number of amides is 1. The Morgan fingerprint density at radius 2 is 1.90 bits per heavy atom. The van der Waals surface area contributed by atoms with E-state index in [4.69, 9.17) is 4.98 Å². The smallest absolute Gasteiger partial charge is 0.224 e. The Hall–Kier alpha value is -2.66. The Balaban J connectivity index is 1.38. The number of hydrogen-bond donors (Lipinski definition) is 2. The van der Waals surface area contributed by atoms with Crippen molar-refractivity contribution in [1.29, 1.82) is 0 Å². The van der Waals surface area contributed by atoms with Gasteiger partial charge in [-0.2, -0.15) is 0 Å². The summed E-state index contributed by atoms with van der Waals surface area (Å²) in [5, 5.41) is 9.31. The monoisotopic (exact) mass is 405 g/mol. The van der Waals surface area contributed by atoms with Crippen molar-refractivity contribution in [1.82, 2.24) is 4.98 Å². The van der Waals surface area contributed by atoms with Crippen LogP contribution in [0.2, 0.25) is 0 Å². The van der Waals surface area contributed by atoms with Crippen LogP contribution < -0.4 is 10.6 Å². The van der Waals surface area contributed by atoms with Gasteiger partial charge in [-0.25, -0.2) is 4.98 Å². The van der Waals surface area contributed by atoms with E-state index >= 15 is 0 Å². The zero-order valence-corrected chi connectivity index (χ0v) is 17.6. The first-order chi connectivity index (χ1) is 14.2. The van der Waals surface area contributed by atoms with Crippen molar-refractivity contribution in [2.75, 3.05) is 10.6 Å². The highest BCUT2D eigenvalue weighted by atomic mass is 32.1. The molecule has 4 nitrogen and oxygen atoms in total. The molecule has 3 aromatic rings. The summed E-state index contributed by atoms with van der Waals surface area (Å²) in [5.41, 5.74) is 5.00. The molecule has 1 aliphatic rings. The van der Waals surface area contributed by atoms with Crippen LogP contribution in [0.4, 0.5) is 16.5 Å². The van der Waals surface area contributed by atoms with Crippen LogP contribution in [0.1, 0.15) is 44.1 Å². The average Bonchev–Trinajstić information content (AvgIpc) is 3.39. The van der Waals surface area contributed by atoms with E-state index in [0.717, 1.165) is 40.1 Å². The molecule has 2 aromatic carbocycles. The van der Waals surface area contributed by atoms with Gasteiger partial charge in [0.1, 0.15) is 0 Å². The van der Waals surface area contributed by atoms with Gasteiger partial charge in [0.25, 0.3) is 0 Å². The van der Waals surface area contributed by atoms with Gasteiger partial charge in [0.15, 0.2) is 5.13 Å². The van der Waals surface area contributed by atoms with Gasteiger partial charge in [0.05, 0.1) is 5.69 Å². The molecule has 0 radical (unpaired) electrons. The second kappa shape index (κ2) is 9.23. The van der Waals surface area contributed by atoms with E-state index in [9.17, 15) is 4.79 Å². The number of thiazole rings is 1. The molecule has 1 saturated carbocycles. The van der Waals surface area contributed by atoms with Crippen molar-refractivity contribution in [2.24, 2.45) is 5.92 Å². The lowest BCUT2D eigenvalue weighted by molar-refractivity contribution is -0.116. The van der Waals surface area contributed by atoms with Gasteiger partial charge in [0, 0.05) is 28.7 Å². The lowest BCUT2D eigenvalue weighted by Gasteiger charge is -2.10. The van der Waals surface area contributed by atoms with E-state index in [1.807, 2.05) is 41.8 Å². The minimum Gasteiger partial charge on any atom is -0.332 e. The molecule has 0 saturated heterocycles. The Bertz CT molecular complexity index is 976. The van der Waals surface area contributed by atoms with Crippen molar-refractivity contribution in [2.45, 2.75) is 45.4 Å². The summed E-state index contributed by atoms with van der Waals surface area (Å²) in [6.45, 7) is 2.08. The predicted octanol–water partition coefficient (Wildman–Crippen LogP) is 6.77. The van der Waals surface area contributed by atoms with Crippen LogP contribution in [0.5, 0.6) is 0 Å². The van der Waals surface area contributed by atoms with Gasteiger partial charge in [0.2, 0.25) is 5.91 Å². The Morgan fingerprint density at radius 3 is 2.72 bits per heavy atom. The van der Waals surface area contributed by atoms with Crippen LogP contribution in [-0.2, 0) is 4.79 Å². The fourth-order valence-corrected chi connectivity index (χ4v) is 4.66. The Kier molecular flexibility index (Phi) is 6.25. The first kappa shape index (κ1) is 19.6. The third-order valence-corrected chi connectivity index (χ3v) is 6.23. The molecular weight excluding hydrogens is 378 g/mol. The Morgan fingerprint density at radius 1 is 1.10 bits per heavy atom. The molecule has 5 heteroatoms. The highest BCUT2D eigenvalue weighted by Gasteiger charge is 2.16. The predicted molar refractivity (Wildman–Crippen MR) is 122 cm³/mol. The van der Waals surface area contributed by atoms with Gasteiger partial charge in [-0.3, -0.25) is 4.79 Å². The van der Waals surface area contributed by atoms with E-state index in [2.05, 4.69) is 29.7 Å². The lowest BCUT2D eigenvalue weighted by Crippen LogP contribution is -2.12. The van der Waals surface area contributed by atoms with Crippen molar-refractivity contribution in [3.8, 4) is 11.3 Å². The summed E-state index contributed by atoms with van der Waals surface area (Å²) in [7, 11) is 0. The molecule has 0 aliphatic heterocycles. The molecule has 0 bridgehead atoms. The van der Waals surface area contributed by atoms with E-state index in [-0.39, 0.29) is 5.91 Å². The second-order valence-electron chi connectivity index (χ2n) is 7.85. The summed E-state index contributed by atoms with van der Waals surface area (Å²) >= 11 is 1.58. The molecule has 1 amide bonds. The van der Waals surface area contributed by atoms with Crippen LogP contribution in [0, 0.1) is 12.8 Å². The molecule has 4 rings (SSSR count). The number of nitrogens with one attached hydrogen (secondary N) is 2. The number of carbonyl (C=O) groups excluding carboxylic acids is 1. The fourth-order valence-electron chi connectivity index (χ4n) is 3.92. The molecule has 1 aromatic heterocycles. The maximum absolute atomic E-state index is 12.3. The number of rotatable bonds is 7. The topological polar surface area (TPSA) is 54.0 Å². The molecule has 0 spiro atoms. The Labute approximate surface area is 176 Å². The van der Waals surface area contributed by atoms with Gasteiger partial charge in [-0.15, -0.1) is 11.3 Å². The summed E-state index contributed by atoms with van der Waals surface area (Å²) in [5.74, 6) is 0.843. The van der Waals surface area contributed by atoms with Crippen LogP contribution in [0.15, 0.2) is 53.9 Å². The molecule has 0 unspecified atom stereocenters. The zero-order valence-electron chi connectivity index (χ0n) is 16.8. The number of aryl methyl sites for hydroxylation is 1. The zero-order chi connectivity index (χ0) is 20.1. The molecule has 1 fully saturated rings. The SMILES string of the molecule is Cc1cccc(Nc2nc(-c3cccc(NC(=O)CCC4CCCC4)c3)cs2)c1. The summed E-state index contributed by atoms with van der Waals surface area (Å²) in [4.78, 5) is 17.0. The number of benzene rings is 2. The third-order valence-electron chi connectivity index (χ3n) is 5.47. The largest absolute Gasteiger partial charge is 0.332 e. The highest BCUT2D eigenvalue weighted by molar-refractivity contribution is 7.14. The first-order valence-electron chi connectivity index (χ1n) is 10.4. The van der Waals surface area contributed by atoms with Gasteiger partial charge in [-0.1, -0.05) is 49.9 Å². The van der Waals surface area contributed by atoms with Crippen LogP contribution >= 0.6 is 11.3 Å². The summed E-state index contributed by atoms with van der Waals surface area (Å²) in [6.07, 6.45) is 6.82. The maximum Gasteiger partial charge on any atom is 0.224 e. The first-order valence-corrected chi connectivity index (χ1v) is 11.2. The minimum absolute atomic E-state index is 0.106. The molecule has 2 N–H and O–H groups in total. The number of carbonyl (C=O) groups is 1. The lowest BCUT2D eigenvalue weighted by atomic mass is 10.0. The van der Waals surface area contributed by atoms with E-state index in [1.165, 1.54) is 31.2 Å². The van der Waals surface area contributed by atoms with Crippen LogP contribution in [-0.4, -0.2) is 10.9 Å². The van der Waals surface area contributed by atoms with Gasteiger partial charge in [-0.05, 0) is 49.1 Å². The van der Waals surface area contributed by atoms with Gasteiger partial charge >= 0.3 is 0 Å². The number of anilines is 3. The van der Waals surface area contributed by atoms with Gasteiger partial charge < -0.3 is 10.6 Å². The average molecular weight is 406 g/mol. The molecule has 150 valence electrons. The molecule has 29 heavy (non-hydrogen) atoms. The summed E-state index contributed by atoms with van der Waals surface area (Å²) in [6, 6.07) is 16.2. The molecule has 0 atom stereocenters. The van der Waals surface area contributed by atoms with Crippen molar-refractivity contribution < 1.29 is 4.79 Å². The van der Waals surface area contributed by atoms with Crippen molar-refractivity contribution >= 4 is 33.8 Å². The van der Waals surface area contributed by atoms with Crippen molar-refractivity contribution in [3.05, 3.63) is 59.5 Å². The number of aromatic nitrogens is 1. The van der Waals surface area contributed by atoms with E-state index < -0.39 is 0 Å². The van der Waals surface area contributed by atoms with Crippen LogP contribution in [0.25, 0.3) is 11.3 Å². The molecule has 1 heterocycles. The summed E-state index contributed by atoms with van der Waals surface area (Å²) < 4.78 is 0. The normalized spacial score (nSPS) is 14.1. The molecule has 1 aliphatic carbocycles. The molecular formula is C24H27N3OS. The highest BCUT2D eigenvalue weighted by Crippen LogP contribution is 2.30. The standard InChI is InChI=1S/C24H27N3OS/c1-17-6-4-10-20(14-17)26-24-27-22(16-29-24)19-9-5-11-21(15-19)25-23(28)13-12-18-7-2-3-8-18/h4-6,9-11,14-16,18H,2-3,7-8,12-13H2,1H3,(H,25,28)(H,26,27). The minimum atomic E-state index is 0.106. The van der Waals surface area contributed by atoms with Crippen molar-refractivity contribution in [3.63, 3.8) is 0 Å². The van der Waals surface area contributed by atoms with E-state index in [0.29, 0.717) is 6.42 Å².